The lowest BCUT2D eigenvalue weighted by Gasteiger charge is -2.17. The average molecular weight is 245 g/mol. The summed E-state index contributed by atoms with van der Waals surface area (Å²) in [6.07, 6.45) is 1.83. The number of ether oxygens (including phenoxy) is 1. The molecule has 1 aromatic heterocycles. The van der Waals surface area contributed by atoms with Gasteiger partial charge in [-0.2, -0.15) is 5.10 Å². The molecule has 1 heterocycles. The molecule has 18 heavy (non-hydrogen) atoms. The minimum atomic E-state index is -0.229. The van der Waals surface area contributed by atoms with Gasteiger partial charge in [0.1, 0.15) is 5.75 Å². The van der Waals surface area contributed by atoms with Gasteiger partial charge in [0.2, 0.25) is 0 Å². The molecule has 0 bridgehead atoms. The second-order valence-corrected chi connectivity index (χ2v) is 4.56. The van der Waals surface area contributed by atoms with Crippen LogP contribution in [-0.2, 0) is 7.05 Å². The lowest BCUT2D eigenvalue weighted by Crippen LogP contribution is -2.18. The first kappa shape index (κ1) is 12.6. The van der Waals surface area contributed by atoms with Crippen LogP contribution >= 0.6 is 0 Å². The molecule has 0 saturated carbocycles. The zero-order chi connectivity index (χ0) is 13.3. The maximum Gasteiger partial charge on any atom is 0.124 e. The van der Waals surface area contributed by atoms with Crippen LogP contribution in [0.2, 0.25) is 0 Å². The Bertz CT molecular complexity index is 541. The lowest BCUT2D eigenvalue weighted by atomic mass is 9.99. The first-order chi connectivity index (χ1) is 8.54. The summed E-state index contributed by atoms with van der Waals surface area (Å²) in [6, 6.07) is 5.81. The molecule has 1 aromatic carbocycles. The summed E-state index contributed by atoms with van der Waals surface area (Å²) < 4.78 is 7.21. The second kappa shape index (κ2) is 4.82. The number of nitrogens with zero attached hydrogens (tertiary/aromatic N) is 2. The Hall–Kier alpha value is -1.81. The molecule has 0 radical (unpaired) electrons. The van der Waals surface area contributed by atoms with E-state index < -0.39 is 0 Å². The molecule has 4 heteroatoms. The zero-order valence-electron chi connectivity index (χ0n) is 11.3. The molecule has 2 aromatic rings. The highest BCUT2D eigenvalue weighted by Gasteiger charge is 2.19. The van der Waals surface area contributed by atoms with Crippen LogP contribution in [0.3, 0.4) is 0 Å². The van der Waals surface area contributed by atoms with Crippen molar-refractivity contribution in [1.82, 2.24) is 9.78 Å². The molecule has 0 aliphatic rings. The Labute approximate surface area is 107 Å². The van der Waals surface area contributed by atoms with E-state index in [4.69, 9.17) is 10.5 Å². The Balaban J connectivity index is 2.51. The summed E-state index contributed by atoms with van der Waals surface area (Å²) in [6.45, 7) is 4.07. The Kier molecular flexibility index (Phi) is 3.39. The van der Waals surface area contributed by atoms with Crippen molar-refractivity contribution in [2.45, 2.75) is 19.9 Å². The largest absolute Gasteiger partial charge is 0.496 e. The van der Waals surface area contributed by atoms with E-state index in [1.807, 2.05) is 43.9 Å². The van der Waals surface area contributed by atoms with E-state index in [0.717, 1.165) is 22.6 Å². The van der Waals surface area contributed by atoms with E-state index >= 15 is 0 Å². The molecular formula is C14H19N3O. The van der Waals surface area contributed by atoms with Gasteiger partial charge >= 0.3 is 0 Å². The van der Waals surface area contributed by atoms with Gasteiger partial charge in [-0.25, -0.2) is 0 Å². The van der Waals surface area contributed by atoms with Gasteiger partial charge in [0.25, 0.3) is 0 Å². The van der Waals surface area contributed by atoms with Crippen molar-refractivity contribution < 1.29 is 4.74 Å². The number of hydrogen-bond donors (Lipinski definition) is 1. The monoisotopic (exact) mass is 245 g/mol. The van der Waals surface area contributed by atoms with Crippen molar-refractivity contribution >= 4 is 0 Å². The highest BCUT2D eigenvalue weighted by molar-refractivity contribution is 5.43. The number of rotatable bonds is 3. The summed E-state index contributed by atoms with van der Waals surface area (Å²) in [5, 5.41) is 4.24. The number of aryl methyl sites for hydroxylation is 3. The highest BCUT2D eigenvalue weighted by Crippen LogP contribution is 2.30. The third-order valence-electron chi connectivity index (χ3n) is 3.19. The predicted octanol–water partition coefficient (Wildman–Crippen LogP) is 2.09. The summed E-state index contributed by atoms with van der Waals surface area (Å²) in [5.41, 5.74) is 10.6. The van der Waals surface area contributed by atoms with Gasteiger partial charge in [-0.3, -0.25) is 4.68 Å². The Morgan fingerprint density at radius 2 is 2.06 bits per heavy atom. The van der Waals surface area contributed by atoms with Crippen molar-refractivity contribution in [3.63, 3.8) is 0 Å². The predicted molar refractivity (Wildman–Crippen MR) is 71.7 cm³/mol. The lowest BCUT2D eigenvalue weighted by molar-refractivity contribution is 0.407. The third-order valence-corrected chi connectivity index (χ3v) is 3.19. The first-order valence-electron chi connectivity index (χ1n) is 5.93. The number of nitrogens with two attached hydrogens (primary N) is 1. The second-order valence-electron chi connectivity index (χ2n) is 4.56. The van der Waals surface area contributed by atoms with Crippen LogP contribution in [0.1, 0.15) is 28.4 Å². The van der Waals surface area contributed by atoms with Crippen LogP contribution in [-0.4, -0.2) is 16.9 Å². The van der Waals surface area contributed by atoms with Crippen LogP contribution in [0.4, 0.5) is 0 Å². The molecule has 1 atom stereocenters. The van der Waals surface area contributed by atoms with Gasteiger partial charge in [-0.1, -0.05) is 17.7 Å². The summed E-state index contributed by atoms with van der Waals surface area (Å²) >= 11 is 0. The fourth-order valence-corrected chi connectivity index (χ4v) is 2.25. The molecule has 4 nitrogen and oxygen atoms in total. The molecule has 1 unspecified atom stereocenters. The molecule has 0 spiro atoms. The van der Waals surface area contributed by atoms with Crippen molar-refractivity contribution in [2.24, 2.45) is 12.8 Å². The normalized spacial score (nSPS) is 12.5. The van der Waals surface area contributed by atoms with Gasteiger partial charge < -0.3 is 10.5 Å². The molecule has 2 rings (SSSR count). The van der Waals surface area contributed by atoms with Crippen LogP contribution in [0.25, 0.3) is 0 Å². The standard InChI is InChI=1S/C14H19N3O/c1-9-5-6-12(18-4)11(7-9)13(15)14-10(2)8-16-17(14)3/h5-8,13H,15H2,1-4H3. The third kappa shape index (κ3) is 2.11. The molecule has 0 aliphatic heterocycles. The van der Waals surface area contributed by atoms with Crippen LogP contribution in [0.5, 0.6) is 5.75 Å². The minimum Gasteiger partial charge on any atom is -0.496 e. The smallest absolute Gasteiger partial charge is 0.124 e. The van der Waals surface area contributed by atoms with Crippen LogP contribution < -0.4 is 10.5 Å². The van der Waals surface area contributed by atoms with Crippen molar-refractivity contribution in [3.8, 4) is 5.75 Å². The molecule has 96 valence electrons. The molecule has 0 aliphatic carbocycles. The number of aromatic nitrogens is 2. The molecular weight excluding hydrogens is 226 g/mol. The van der Waals surface area contributed by atoms with E-state index in [1.54, 1.807) is 7.11 Å². The van der Waals surface area contributed by atoms with Gasteiger partial charge in [0.15, 0.2) is 0 Å². The SMILES string of the molecule is COc1ccc(C)cc1C(N)c1c(C)cnn1C. The Morgan fingerprint density at radius 1 is 1.33 bits per heavy atom. The van der Waals surface area contributed by atoms with Crippen molar-refractivity contribution in [1.29, 1.82) is 0 Å². The summed E-state index contributed by atoms with van der Waals surface area (Å²) in [5.74, 6) is 0.814. The molecule has 0 saturated heterocycles. The molecule has 0 amide bonds. The molecule has 2 N–H and O–H groups in total. The zero-order valence-corrected chi connectivity index (χ0v) is 11.3. The van der Waals surface area contributed by atoms with Crippen LogP contribution in [0.15, 0.2) is 24.4 Å². The van der Waals surface area contributed by atoms with E-state index in [1.165, 1.54) is 5.56 Å². The van der Waals surface area contributed by atoms with Gasteiger partial charge in [-0.15, -0.1) is 0 Å². The summed E-state index contributed by atoms with van der Waals surface area (Å²) in [4.78, 5) is 0. The Morgan fingerprint density at radius 3 is 2.61 bits per heavy atom. The highest BCUT2D eigenvalue weighted by atomic mass is 16.5. The van der Waals surface area contributed by atoms with E-state index in [2.05, 4.69) is 11.2 Å². The quantitative estimate of drug-likeness (QED) is 0.901. The molecule has 0 fully saturated rings. The van der Waals surface area contributed by atoms with Gasteiger partial charge in [0.05, 0.1) is 25.0 Å². The average Bonchev–Trinajstić information content (AvgIpc) is 2.68. The fraction of sp³-hybridized carbons (Fsp3) is 0.357. The van der Waals surface area contributed by atoms with Crippen LogP contribution in [0, 0.1) is 13.8 Å². The first-order valence-corrected chi connectivity index (χ1v) is 5.93. The van der Waals surface area contributed by atoms with E-state index in [9.17, 15) is 0 Å². The fourth-order valence-electron chi connectivity index (χ4n) is 2.25. The maximum atomic E-state index is 6.37. The topological polar surface area (TPSA) is 53.1 Å². The minimum absolute atomic E-state index is 0.229. The summed E-state index contributed by atoms with van der Waals surface area (Å²) in [7, 11) is 3.57. The number of benzene rings is 1. The van der Waals surface area contributed by atoms with Crippen molar-refractivity contribution in [2.75, 3.05) is 7.11 Å². The van der Waals surface area contributed by atoms with Gasteiger partial charge in [0, 0.05) is 12.6 Å². The number of hydrogen-bond acceptors (Lipinski definition) is 3. The van der Waals surface area contributed by atoms with E-state index in [-0.39, 0.29) is 6.04 Å². The number of methoxy groups -OCH3 is 1. The van der Waals surface area contributed by atoms with Gasteiger partial charge in [-0.05, 0) is 25.5 Å². The maximum absolute atomic E-state index is 6.37. The van der Waals surface area contributed by atoms with E-state index in [0.29, 0.717) is 0 Å². The van der Waals surface area contributed by atoms with Crippen molar-refractivity contribution in [3.05, 3.63) is 46.8 Å².